The first kappa shape index (κ1) is 15.6. The third-order valence-electron chi connectivity index (χ3n) is 3.00. The molecule has 1 heterocycles. The molecule has 0 aliphatic rings. The summed E-state index contributed by atoms with van der Waals surface area (Å²) in [5.41, 5.74) is 0.899. The van der Waals surface area contributed by atoms with Crippen LogP contribution in [0.15, 0.2) is 40.8 Å². The molecule has 1 amide bonds. The molecule has 2 rings (SSSR count). The average molecular weight is 307 g/mol. The molecular formula is C16H19ClN2O2. The van der Waals surface area contributed by atoms with Crippen molar-refractivity contribution < 1.29 is 9.21 Å². The van der Waals surface area contributed by atoms with Gasteiger partial charge in [-0.2, -0.15) is 0 Å². The van der Waals surface area contributed by atoms with Gasteiger partial charge in [0.2, 0.25) is 5.91 Å². The molecule has 2 aromatic rings. The topological polar surface area (TPSA) is 54.3 Å². The molecule has 0 radical (unpaired) electrons. The Bertz CT molecular complexity index is 595. The third-order valence-corrected chi connectivity index (χ3v) is 3.33. The Hall–Kier alpha value is -1.78. The molecule has 21 heavy (non-hydrogen) atoms. The molecule has 0 unspecified atom stereocenters. The molecule has 1 aromatic carbocycles. The zero-order valence-corrected chi connectivity index (χ0v) is 12.7. The molecule has 0 atom stereocenters. The van der Waals surface area contributed by atoms with Gasteiger partial charge in [-0.3, -0.25) is 4.79 Å². The molecule has 2 N–H and O–H groups in total. The van der Waals surface area contributed by atoms with Crippen molar-refractivity contribution in [1.82, 2.24) is 10.6 Å². The molecule has 5 heteroatoms. The predicted octanol–water partition coefficient (Wildman–Crippen LogP) is 3.22. The van der Waals surface area contributed by atoms with Gasteiger partial charge in [0.15, 0.2) is 0 Å². The first-order valence-corrected chi connectivity index (χ1v) is 7.33. The molecule has 112 valence electrons. The van der Waals surface area contributed by atoms with Gasteiger partial charge in [-0.05, 0) is 37.2 Å². The maximum atomic E-state index is 10.7. The lowest BCUT2D eigenvalue weighted by Gasteiger charge is -2.04. The molecule has 0 fully saturated rings. The monoisotopic (exact) mass is 306 g/mol. The number of amides is 1. The van der Waals surface area contributed by atoms with Crippen LogP contribution in [0.1, 0.15) is 19.1 Å². The van der Waals surface area contributed by atoms with E-state index in [9.17, 15) is 4.79 Å². The van der Waals surface area contributed by atoms with Crippen LogP contribution in [0.5, 0.6) is 0 Å². The zero-order chi connectivity index (χ0) is 15.1. The van der Waals surface area contributed by atoms with Gasteiger partial charge in [0.25, 0.3) is 0 Å². The summed E-state index contributed by atoms with van der Waals surface area (Å²) in [6, 6.07) is 11.5. The lowest BCUT2D eigenvalue weighted by atomic mass is 10.2. The summed E-state index contributed by atoms with van der Waals surface area (Å²) < 4.78 is 5.78. The van der Waals surface area contributed by atoms with E-state index in [1.165, 1.54) is 6.92 Å². The second kappa shape index (κ2) is 7.86. The third kappa shape index (κ3) is 4.92. The minimum Gasteiger partial charge on any atom is -0.460 e. The van der Waals surface area contributed by atoms with Crippen LogP contribution >= 0.6 is 11.6 Å². The molecule has 0 bridgehead atoms. The normalized spacial score (nSPS) is 10.6. The van der Waals surface area contributed by atoms with Crippen LogP contribution < -0.4 is 10.6 Å². The highest BCUT2D eigenvalue weighted by molar-refractivity contribution is 6.33. The van der Waals surface area contributed by atoms with Crippen LogP contribution in [-0.4, -0.2) is 19.0 Å². The maximum absolute atomic E-state index is 10.7. The number of carbonyl (C=O) groups excluding carboxylic acids is 1. The summed E-state index contributed by atoms with van der Waals surface area (Å²) in [5, 5.41) is 6.72. The van der Waals surface area contributed by atoms with Gasteiger partial charge in [-0.15, -0.1) is 0 Å². The van der Waals surface area contributed by atoms with E-state index in [0.717, 1.165) is 30.0 Å². The van der Waals surface area contributed by atoms with Crippen molar-refractivity contribution in [2.24, 2.45) is 0 Å². The number of halogens is 1. The van der Waals surface area contributed by atoms with Gasteiger partial charge >= 0.3 is 0 Å². The number of rotatable bonds is 7. The van der Waals surface area contributed by atoms with Gasteiger partial charge in [0.05, 0.1) is 11.6 Å². The van der Waals surface area contributed by atoms with Crippen LogP contribution in [0.2, 0.25) is 5.02 Å². The van der Waals surface area contributed by atoms with E-state index in [-0.39, 0.29) is 5.91 Å². The van der Waals surface area contributed by atoms with Crippen LogP contribution in [-0.2, 0) is 11.3 Å². The van der Waals surface area contributed by atoms with Crippen LogP contribution in [0.25, 0.3) is 11.3 Å². The quantitative estimate of drug-likeness (QED) is 0.772. The van der Waals surface area contributed by atoms with E-state index in [2.05, 4.69) is 10.6 Å². The van der Waals surface area contributed by atoms with E-state index in [1.54, 1.807) is 0 Å². The number of furan rings is 1. The Kier molecular flexibility index (Phi) is 5.84. The summed E-state index contributed by atoms with van der Waals surface area (Å²) >= 11 is 6.15. The summed E-state index contributed by atoms with van der Waals surface area (Å²) in [4.78, 5) is 10.7. The molecule has 0 aliphatic heterocycles. The van der Waals surface area contributed by atoms with Gasteiger partial charge in [0, 0.05) is 19.0 Å². The van der Waals surface area contributed by atoms with Gasteiger partial charge in [-0.25, -0.2) is 0 Å². The largest absolute Gasteiger partial charge is 0.460 e. The highest BCUT2D eigenvalue weighted by Gasteiger charge is 2.07. The molecular weight excluding hydrogens is 288 g/mol. The van der Waals surface area contributed by atoms with E-state index in [4.69, 9.17) is 16.0 Å². The minimum absolute atomic E-state index is 0.00501. The highest BCUT2D eigenvalue weighted by atomic mass is 35.5. The summed E-state index contributed by atoms with van der Waals surface area (Å²) in [6.07, 6.45) is 0.887. The SMILES string of the molecule is CC(=O)NCCCNCc1ccc(-c2ccccc2Cl)o1. The Labute approximate surface area is 129 Å². The molecule has 4 nitrogen and oxygen atoms in total. The fourth-order valence-corrected chi connectivity index (χ4v) is 2.20. The van der Waals surface area contributed by atoms with Gasteiger partial charge in [0.1, 0.15) is 11.5 Å². The van der Waals surface area contributed by atoms with Crippen molar-refractivity contribution in [2.45, 2.75) is 19.9 Å². The summed E-state index contributed by atoms with van der Waals surface area (Å²) in [5.74, 6) is 1.64. The zero-order valence-electron chi connectivity index (χ0n) is 12.0. The van der Waals surface area contributed by atoms with Gasteiger partial charge in [-0.1, -0.05) is 23.7 Å². The minimum atomic E-state index is 0.00501. The van der Waals surface area contributed by atoms with E-state index >= 15 is 0 Å². The molecule has 0 saturated heterocycles. The summed E-state index contributed by atoms with van der Waals surface area (Å²) in [7, 11) is 0. The Morgan fingerprint density at radius 2 is 2.00 bits per heavy atom. The first-order chi connectivity index (χ1) is 10.2. The highest BCUT2D eigenvalue weighted by Crippen LogP contribution is 2.28. The number of carbonyl (C=O) groups is 1. The molecule has 0 spiro atoms. The van der Waals surface area contributed by atoms with Crippen molar-refractivity contribution in [3.05, 3.63) is 47.2 Å². The first-order valence-electron chi connectivity index (χ1n) is 6.95. The average Bonchev–Trinajstić information content (AvgIpc) is 2.91. The number of benzene rings is 1. The number of hydrogen-bond donors (Lipinski definition) is 2. The second-order valence-electron chi connectivity index (χ2n) is 4.76. The Morgan fingerprint density at radius 3 is 2.76 bits per heavy atom. The second-order valence-corrected chi connectivity index (χ2v) is 5.17. The molecule has 0 aliphatic carbocycles. The van der Waals surface area contributed by atoms with Crippen LogP contribution in [0, 0.1) is 0 Å². The van der Waals surface area contributed by atoms with E-state index < -0.39 is 0 Å². The van der Waals surface area contributed by atoms with Crippen molar-refractivity contribution in [2.75, 3.05) is 13.1 Å². The number of nitrogens with one attached hydrogen (secondary N) is 2. The lowest BCUT2D eigenvalue weighted by Crippen LogP contribution is -2.24. The van der Waals surface area contributed by atoms with Crippen LogP contribution in [0.3, 0.4) is 0 Å². The fourth-order valence-electron chi connectivity index (χ4n) is 1.97. The van der Waals surface area contributed by atoms with E-state index in [0.29, 0.717) is 18.1 Å². The van der Waals surface area contributed by atoms with Crippen LogP contribution in [0.4, 0.5) is 0 Å². The van der Waals surface area contributed by atoms with Crippen molar-refractivity contribution in [1.29, 1.82) is 0 Å². The molecule has 1 aromatic heterocycles. The maximum Gasteiger partial charge on any atom is 0.216 e. The van der Waals surface area contributed by atoms with Crippen molar-refractivity contribution >= 4 is 17.5 Å². The standard InChI is InChI=1S/C16H19ClN2O2/c1-12(20)19-10-4-9-18-11-13-7-8-16(21-13)14-5-2-3-6-15(14)17/h2-3,5-8,18H,4,9-11H2,1H3,(H,19,20). The Morgan fingerprint density at radius 1 is 1.19 bits per heavy atom. The predicted molar refractivity (Wildman–Crippen MR) is 84.2 cm³/mol. The van der Waals surface area contributed by atoms with Gasteiger partial charge < -0.3 is 15.1 Å². The fraction of sp³-hybridized carbons (Fsp3) is 0.312. The number of hydrogen-bond acceptors (Lipinski definition) is 3. The van der Waals surface area contributed by atoms with E-state index in [1.807, 2.05) is 36.4 Å². The smallest absolute Gasteiger partial charge is 0.216 e. The Balaban J connectivity index is 1.79. The van der Waals surface area contributed by atoms with Crippen molar-refractivity contribution in [3.8, 4) is 11.3 Å². The van der Waals surface area contributed by atoms with Crippen molar-refractivity contribution in [3.63, 3.8) is 0 Å². The lowest BCUT2D eigenvalue weighted by molar-refractivity contribution is -0.118. The molecule has 0 saturated carbocycles. The summed E-state index contributed by atoms with van der Waals surface area (Å²) in [6.45, 7) is 3.69.